The summed E-state index contributed by atoms with van der Waals surface area (Å²) in [6.45, 7) is 2.38. The number of aliphatic hydroxyl groups is 1. The fourth-order valence-electron chi connectivity index (χ4n) is 1.77. The minimum absolute atomic E-state index is 0.242. The van der Waals surface area contributed by atoms with Gasteiger partial charge in [-0.3, -0.25) is 0 Å². The van der Waals surface area contributed by atoms with E-state index < -0.39 is 0 Å². The van der Waals surface area contributed by atoms with Gasteiger partial charge in [0.25, 0.3) is 0 Å². The molecule has 0 amide bonds. The van der Waals surface area contributed by atoms with Gasteiger partial charge in [-0.25, -0.2) is 0 Å². The largest absolute Gasteiger partial charge is 0.496 e. The normalized spacial score (nSPS) is 10.5. The first kappa shape index (κ1) is 13.4. The van der Waals surface area contributed by atoms with Crippen LogP contribution in [0.1, 0.15) is 24.5 Å². The lowest BCUT2D eigenvalue weighted by Gasteiger charge is -2.13. The summed E-state index contributed by atoms with van der Waals surface area (Å²) in [5, 5.41) is 8.88. The Labute approximate surface area is 102 Å². The van der Waals surface area contributed by atoms with Crippen molar-refractivity contribution in [3.8, 4) is 5.75 Å². The van der Waals surface area contributed by atoms with Crippen LogP contribution in [-0.2, 0) is 12.8 Å². The summed E-state index contributed by atoms with van der Waals surface area (Å²) in [7, 11) is 1.71. The van der Waals surface area contributed by atoms with Gasteiger partial charge in [0.15, 0.2) is 0 Å². The van der Waals surface area contributed by atoms with Crippen LogP contribution < -0.4 is 4.74 Å². The minimum atomic E-state index is 0.242. The van der Waals surface area contributed by atoms with Crippen LogP contribution in [0.4, 0.5) is 0 Å². The minimum Gasteiger partial charge on any atom is -0.496 e. The summed E-state index contributed by atoms with van der Waals surface area (Å²) in [5.74, 6) is 0.966. The summed E-state index contributed by atoms with van der Waals surface area (Å²) in [6.07, 6.45) is 4.79. The molecule has 0 aliphatic rings. The number of benzene rings is 1. The third-order valence-electron chi connectivity index (χ3n) is 2.67. The smallest absolute Gasteiger partial charge is 0.122 e. The molecule has 0 unspecified atom stereocenters. The summed E-state index contributed by atoms with van der Waals surface area (Å²) in [6, 6.07) is 4.32. The highest BCUT2D eigenvalue weighted by atomic mass is 32.2. The first-order valence-corrected chi connectivity index (χ1v) is 6.83. The molecule has 0 aromatic heterocycles. The Hall–Kier alpha value is -0.670. The lowest BCUT2D eigenvalue weighted by Crippen LogP contribution is -1.97. The van der Waals surface area contributed by atoms with Crippen molar-refractivity contribution in [1.82, 2.24) is 0 Å². The molecular weight excluding hydrogens is 220 g/mol. The van der Waals surface area contributed by atoms with E-state index in [-0.39, 0.29) is 6.61 Å². The second-order valence-electron chi connectivity index (χ2n) is 3.66. The van der Waals surface area contributed by atoms with Crippen LogP contribution in [0.2, 0.25) is 0 Å². The summed E-state index contributed by atoms with van der Waals surface area (Å²) in [4.78, 5) is 1.30. The fourth-order valence-corrected chi connectivity index (χ4v) is 2.45. The number of rotatable bonds is 6. The van der Waals surface area contributed by atoms with Crippen LogP contribution in [0, 0.1) is 0 Å². The maximum Gasteiger partial charge on any atom is 0.122 e. The molecule has 90 valence electrons. The first-order chi connectivity index (χ1) is 7.76. The molecule has 0 bridgehead atoms. The molecule has 0 atom stereocenters. The number of methoxy groups -OCH3 is 1. The Bertz CT molecular complexity index is 337. The fraction of sp³-hybridized carbons (Fsp3) is 0.538. The average molecular weight is 240 g/mol. The molecule has 1 aromatic rings. The summed E-state index contributed by atoms with van der Waals surface area (Å²) in [5.41, 5.74) is 2.52. The zero-order valence-electron chi connectivity index (χ0n) is 10.2. The van der Waals surface area contributed by atoms with Crippen molar-refractivity contribution in [1.29, 1.82) is 0 Å². The van der Waals surface area contributed by atoms with E-state index in [1.807, 2.05) is 0 Å². The maximum atomic E-state index is 8.88. The van der Waals surface area contributed by atoms with Crippen LogP contribution in [0.25, 0.3) is 0 Å². The Morgan fingerprint density at radius 1 is 1.31 bits per heavy atom. The number of hydrogen-bond donors (Lipinski definition) is 1. The lowest BCUT2D eigenvalue weighted by molar-refractivity contribution is 0.288. The van der Waals surface area contributed by atoms with Crippen molar-refractivity contribution in [2.75, 3.05) is 20.0 Å². The first-order valence-electron chi connectivity index (χ1n) is 5.61. The summed E-state index contributed by atoms with van der Waals surface area (Å²) >= 11 is 1.76. The molecular formula is C13H20O2S. The van der Waals surface area contributed by atoms with Gasteiger partial charge in [0.05, 0.1) is 7.11 Å². The van der Waals surface area contributed by atoms with E-state index in [0.717, 1.165) is 25.0 Å². The van der Waals surface area contributed by atoms with Gasteiger partial charge >= 0.3 is 0 Å². The van der Waals surface area contributed by atoms with Crippen molar-refractivity contribution < 1.29 is 9.84 Å². The van der Waals surface area contributed by atoms with E-state index in [2.05, 4.69) is 25.3 Å². The third kappa shape index (κ3) is 3.16. The van der Waals surface area contributed by atoms with E-state index in [0.29, 0.717) is 0 Å². The topological polar surface area (TPSA) is 29.5 Å². The van der Waals surface area contributed by atoms with Crippen LogP contribution in [0.15, 0.2) is 17.0 Å². The molecule has 1 rings (SSSR count). The lowest BCUT2D eigenvalue weighted by atomic mass is 10.0. The van der Waals surface area contributed by atoms with Gasteiger partial charge in [0.2, 0.25) is 0 Å². The Balaban J connectivity index is 3.05. The van der Waals surface area contributed by atoms with E-state index in [9.17, 15) is 0 Å². The highest BCUT2D eigenvalue weighted by molar-refractivity contribution is 7.98. The van der Waals surface area contributed by atoms with Crippen molar-refractivity contribution in [2.45, 2.75) is 31.1 Å². The second-order valence-corrected chi connectivity index (χ2v) is 4.50. The molecule has 0 heterocycles. The van der Waals surface area contributed by atoms with Crippen molar-refractivity contribution >= 4 is 11.8 Å². The van der Waals surface area contributed by atoms with Gasteiger partial charge in [0, 0.05) is 11.5 Å². The van der Waals surface area contributed by atoms with Crippen molar-refractivity contribution in [3.05, 3.63) is 23.3 Å². The molecule has 0 saturated carbocycles. The zero-order chi connectivity index (χ0) is 12.0. The number of aryl methyl sites for hydroxylation is 2. The molecule has 0 aliphatic carbocycles. The number of hydrogen-bond acceptors (Lipinski definition) is 3. The van der Waals surface area contributed by atoms with E-state index in [1.165, 1.54) is 16.0 Å². The van der Waals surface area contributed by atoms with Gasteiger partial charge in [-0.2, -0.15) is 0 Å². The quantitative estimate of drug-likeness (QED) is 0.775. The van der Waals surface area contributed by atoms with Crippen LogP contribution in [0.5, 0.6) is 5.75 Å². The van der Waals surface area contributed by atoms with Gasteiger partial charge in [-0.15, -0.1) is 11.8 Å². The molecule has 1 aromatic carbocycles. The molecule has 0 saturated heterocycles. The van der Waals surface area contributed by atoms with E-state index in [4.69, 9.17) is 9.84 Å². The maximum absolute atomic E-state index is 8.88. The molecule has 0 aliphatic heterocycles. The Morgan fingerprint density at radius 3 is 2.56 bits per heavy atom. The third-order valence-corrected chi connectivity index (χ3v) is 3.49. The predicted octanol–water partition coefficient (Wildman–Crippen LogP) is 2.90. The van der Waals surface area contributed by atoms with Gasteiger partial charge in [0.1, 0.15) is 5.75 Å². The molecule has 2 nitrogen and oxygen atoms in total. The number of ether oxygens (including phenoxy) is 1. The molecule has 16 heavy (non-hydrogen) atoms. The van der Waals surface area contributed by atoms with Crippen molar-refractivity contribution in [3.63, 3.8) is 0 Å². The molecule has 0 spiro atoms. The average Bonchev–Trinajstić information content (AvgIpc) is 2.35. The standard InChI is InChI=1S/C13H20O2S/c1-4-10-9-13(16-3)11(6-5-7-14)8-12(10)15-2/h8-9,14H,4-7H2,1-3H3. The van der Waals surface area contributed by atoms with Gasteiger partial charge in [-0.1, -0.05) is 6.92 Å². The number of thioether (sulfide) groups is 1. The van der Waals surface area contributed by atoms with Crippen LogP contribution >= 0.6 is 11.8 Å². The van der Waals surface area contributed by atoms with Crippen LogP contribution in [-0.4, -0.2) is 25.1 Å². The molecule has 3 heteroatoms. The molecule has 0 fully saturated rings. The Kier molecular flexibility index (Phi) is 5.71. The van der Waals surface area contributed by atoms with Crippen molar-refractivity contribution in [2.24, 2.45) is 0 Å². The highest BCUT2D eigenvalue weighted by Crippen LogP contribution is 2.30. The number of aliphatic hydroxyl groups excluding tert-OH is 1. The highest BCUT2D eigenvalue weighted by Gasteiger charge is 2.08. The van der Waals surface area contributed by atoms with E-state index in [1.54, 1.807) is 18.9 Å². The monoisotopic (exact) mass is 240 g/mol. The van der Waals surface area contributed by atoms with Gasteiger partial charge in [-0.05, 0) is 48.8 Å². The SMILES string of the molecule is CCc1cc(SC)c(CCCO)cc1OC. The molecule has 0 radical (unpaired) electrons. The molecule has 1 N–H and O–H groups in total. The Morgan fingerprint density at radius 2 is 2.06 bits per heavy atom. The predicted molar refractivity (Wildman–Crippen MR) is 69.6 cm³/mol. The van der Waals surface area contributed by atoms with Gasteiger partial charge < -0.3 is 9.84 Å². The van der Waals surface area contributed by atoms with E-state index >= 15 is 0 Å². The zero-order valence-corrected chi connectivity index (χ0v) is 11.1. The second kappa shape index (κ2) is 6.81. The summed E-state index contributed by atoms with van der Waals surface area (Å²) < 4.78 is 5.38. The van der Waals surface area contributed by atoms with Crippen LogP contribution in [0.3, 0.4) is 0 Å².